The Bertz CT molecular complexity index is 1020. The van der Waals surface area contributed by atoms with Gasteiger partial charge in [0.2, 0.25) is 0 Å². The van der Waals surface area contributed by atoms with Gasteiger partial charge in [0.1, 0.15) is 11.3 Å². The number of benzene rings is 1. The molecule has 6 heteroatoms. The van der Waals surface area contributed by atoms with Crippen molar-refractivity contribution in [2.75, 3.05) is 13.6 Å². The molecular weight excluding hydrogens is 352 g/mol. The smallest absolute Gasteiger partial charge is 0.250 e. The summed E-state index contributed by atoms with van der Waals surface area (Å²) >= 11 is 0. The Morgan fingerprint density at radius 1 is 1.07 bits per heavy atom. The lowest BCUT2D eigenvalue weighted by atomic mass is 10.1. The maximum Gasteiger partial charge on any atom is 0.250 e. The molecule has 0 saturated carbocycles. The molecule has 2 heterocycles. The van der Waals surface area contributed by atoms with E-state index in [2.05, 4.69) is 28.6 Å². The molecule has 2 aromatic heterocycles. The molecule has 0 bridgehead atoms. The predicted octanol–water partition coefficient (Wildman–Crippen LogP) is 3.36. The van der Waals surface area contributed by atoms with Crippen LogP contribution < -0.4 is 16.2 Å². The molecule has 6 nitrogen and oxygen atoms in total. The van der Waals surface area contributed by atoms with Gasteiger partial charge in [0, 0.05) is 42.8 Å². The van der Waals surface area contributed by atoms with E-state index in [-0.39, 0.29) is 5.56 Å². The van der Waals surface area contributed by atoms with Crippen molar-refractivity contribution in [3.8, 4) is 0 Å². The molecule has 0 aliphatic rings. The zero-order valence-corrected chi connectivity index (χ0v) is 16.8. The van der Waals surface area contributed by atoms with Crippen molar-refractivity contribution in [3.63, 3.8) is 0 Å². The fourth-order valence-electron chi connectivity index (χ4n) is 3.29. The molecule has 0 spiro atoms. The molecule has 2 N–H and O–H groups in total. The summed E-state index contributed by atoms with van der Waals surface area (Å²) < 4.78 is 7.75. The minimum absolute atomic E-state index is 0.0617. The molecule has 148 valence electrons. The van der Waals surface area contributed by atoms with Crippen molar-refractivity contribution in [2.24, 2.45) is 4.99 Å². The van der Waals surface area contributed by atoms with Crippen molar-refractivity contribution in [3.05, 3.63) is 69.8 Å². The summed E-state index contributed by atoms with van der Waals surface area (Å²) in [5.41, 5.74) is 3.12. The number of furan rings is 1. The lowest BCUT2D eigenvalue weighted by Crippen LogP contribution is -2.37. The van der Waals surface area contributed by atoms with Gasteiger partial charge in [0.05, 0.1) is 6.54 Å². The molecule has 0 fully saturated rings. The fourth-order valence-corrected chi connectivity index (χ4v) is 3.29. The Balaban J connectivity index is 1.45. The first-order valence-electron chi connectivity index (χ1n) is 9.68. The third kappa shape index (κ3) is 4.63. The molecule has 0 radical (unpaired) electrons. The van der Waals surface area contributed by atoms with E-state index in [0.717, 1.165) is 59.9 Å². The van der Waals surface area contributed by atoms with Crippen LogP contribution in [0.3, 0.4) is 0 Å². The monoisotopic (exact) mass is 380 g/mol. The topological polar surface area (TPSA) is 71.6 Å². The molecule has 0 saturated heterocycles. The SMILES string of the molecule is CN=C(NCCCCn1c(C)cccc1=O)NCc1oc2ccccc2c1C. The second kappa shape index (κ2) is 9.26. The Hall–Kier alpha value is -3.02. The summed E-state index contributed by atoms with van der Waals surface area (Å²) in [7, 11) is 1.76. The molecule has 0 atom stereocenters. The highest BCUT2D eigenvalue weighted by Crippen LogP contribution is 2.24. The van der Waals surface area contributed by atoms with Gasteiger partial charge in [-0.1, -0.05) is 24.3 Å². The summed E-state index contributed by atoms with van der Waals surface area (Å²) in [4.78, 5) is 16.1. The number of hydrogen-bond acceptors (Lipinski definition) is 3. The van der Waals surface area contributed by atoms with E-state index in [1.165, 1.54) is 0 Å². The first-order chi connectivity index (χ1) is 13.6. The van der Waals surface area contributed by atoms with Gasteiger partial charge >= 0.3 is 0 Å². The third-order valence-electron chi connectivity index (χ3n) is 4.95. The Morgan fingerprint density at radius 3 is 2.64 bits per heavy atom. The molecule has 0 aliphatic heterocycles. The van der Waals surface area contributed by atoms with Crippen LogP contribution in [0.4, 0.5) is 0 Å². The number of para-hydroxylation sites is 1. The van der Waals surface area contributed by atoms with Crippen LogP contribution in [0.25, 0.3) is 11.0 Å². The molecule has 0 unspecified atom stereocenters. The average molecular weight is 380 g/mol. The Labute approximate surface area is 165 Å². The van der Waals surface area contributed by atoms with E-state index in [0.29, 0.717) is 6.54 Å². The van der Waals surface area contributed by atoms with Crippen LogP contribution in [0.2, 0.25) is 0 Å². The van der Waals surface area contributed by atoms with E-state index in [9.17, 15) is 4.79 Å². The van der Waals surface area contributed by atoms with Gasteiger partial charge in [-0.15, -0.1) is 0 Å². The second-order valence-electron chi connectivity index (χ2n) is 6.86. The lowest BCUT2D eigenvalue weighted by Gasteiger charge is -2.12. The van der Waals surface area contributed by atoms with Gasteiger partial charge in [-0.2, -0.15) is 0 Å². The minimum Gasteiger partial charge on any atom is -0.459 e. The molecule has 0 aliphatic carbocycles. The van der Waals surface area contributed by atoms with E-state index in [1.807, 2.05) is 35.8 Å². The van der Waals surface area contributed by atoms with Gasteiger partial charge in [0.25, 0.3) is 5.56 Å². The van der Waals surface area contributed by atoms with Crippen molar-refractivity contribution in [1.82, 2.24) is 15.2 Å². The number of nitrogens with one attached hydrogen (secondary N) is 2. The summed E-state index contributed by atoms with van der Waals surface area (Å²) in [6.45, 7) is 6.15. The second-order valence-corrected chi connectivity index (χ2v) is 6.86. The normalized spacial score (nSPS) is 11.8. The predicted molar refractivity (Wildman–Crippen MR) is 114 cm³/mol. The molecule has 28 heavy (non-hydrogen) atoms. The molecule has 0 amide bonds. The molecular formula is C22H28N4O2. The van der Waals surface area contributed by atoms with Crippen molar-refractivity contribution in [1.29, 1.82) is 0 Å². The van der Waals surface area contributed by atoms with Crippen LogP contribution in [0.1, 0.15) is 29.9 Å². The van der Waals surface area contributed by atoms with Crippen molar-refractivity contribution >= 4 is 16.9 Å². The van der Waals surface area contributed by atoms with Gasteiger partial charge in [0.15, 0.2) is 5.96 Å². The van der Waals surface area contributed by atoms with Crippen LogP contribution in [0.5, 0.6) is 0 Å². The number of fused-ring (bicyclic) bond motifs is 1. The highest BCUT2D eigenvalue weighted by Gasteiger charge is 2.10. The quantitative estimate of drug-likeness (QED) is 0.375. The number of aromatic nitrogens is 1. The maximum atomic E-state index is 11.9. The summed E-state index contributed by atoms with van der Waals surface area (Å²) in [5.74, 6) is 1.66. The molecule has 3 rings (SSSR count). The molecule has 1 aromatic carbocycles. The minimum atomic E-state index is 0.0617. The largest absolute Gasteiger partial charge is 0.459 e. The number of hydrogen-bond donors (Lipinski definition) is 2. The summed E-state index contributed by atoms with van der Waals surface area (Å²) in [6.07, 6.45) is 1.88. The Morgan fingerprint density at radius 2 is 1.89 bits per heavy atom. The van der Waals surface area contributed by atoms with Gasteiger partial charge < -0.3 is 19.6 Å². The Kier molecular flexibility index (Phi) is 6.53. The molecule has 3 aromatic rings. The van der Waals surface area contributed by atoms with E-state index < -0.39 is 0 Å². The third-order valence-corrected chi connectivity index (χ3v) is 4.95. The van der Waals surface area contributed by atoms with Crippen LogP contribution in [0.15, 0.2) is 56.7 Å². The van der Waals surface area contributed by atoms with Gasteiger partial charge in [-0.25, -0.2) is 0 Å². The number of nitrogens with zero attached hydrogens (tertiary/aromatic N) is 2. The summed E-state index contributed by atoms with van der Waals surface area (Å²) in [6, 6.07) is 13.4. The maximum absolute atomic E-state index is 11.9. The number of aliphatic imine (C=N–C) groups is 1. The van der Waals surface area contributed by atoms with E-state index in [4.69, 9.17) is 4.42 Å². The lowest BCUT2D eigenvalue weighted by molar-refractivity contribution is 0.533. The van der Waals surface area contributed by atoms with E-state index >= 15 is 0 Å². The van der Waals surface area contributed by atoms with E-state index in [1.54, 1.807) is 19.2 Å². The average Bonchev–Trinajstić information content (AvgIpc) is 3.02. The first-order valence-corrected chi connectivity index (χ1v) is 9.68. The fraction of sp³-hybridized carbons (Fsp3) is 0.364. The highest BCUT2D eigenvalue weighted by molar-refractivity contribution is 5.82. The number of unbranched alkanes of at least 4 members (excludes halogenated alkanes) is 1. The number of pyridine rings is 1. The van der Waals surface area contributed by atoms with Crippen LogP contribution in [-0.4, -0.2) is 24.1 Å². The van der Waals surface area contributed by atoms with Gasteiger partial charge in [-0.3, -0.25) is 9.79 Å². The van der Waals surface area contributed by atoms with Crippen LogP contribution >= 0.6 is 0 Å². The van der Waals surface area contributed by atoms with Crippen LogP contribution in [0, 0.1) is 13.8 Å². The highest BCUT2D eigenvalue weighted by atomic mass is 16.3. The van der Waals surface area contributed by atoms with Crippen LogP contribution in [-0.2, 0) is 13.1 Å². The zero-order chi connectivity index (χ0) is 19.9. The number of rotatable bonds is 7. The standard InChI is InChI=1S/C22H28N4O2/c1-16-9-8-12-21(27)26(16)14-7-6-13-24-22(23-3)25-15-20-17(2)18-10-4-5-11-19(18)28-20/h4-5,8-12H,6-7,13-15H2,1-3H3,(H2,23,24,25). The summed E-state index contributed by atoms with van der Waals surface area (Å²) in [5, 5.41) is 7.77. The van der Waals surface area contributed by atoms with Gasteiger partial charge in [-0.05, 0) is 38.8 Å². The first kappa shape index (κ1) is 19.7. The zero-order valence-electron chi connectivity index (χ0n) is 16.8. The number of guanidine groups is 1. The van der Waals surface area contributed by atoms with Crippen molar-refractivity contribution in [2.45, 2.75) is 39.8 Å². The number of aryl methyl sites for hydroxylation is 2. The van der Waals surface area contributed by atoms with Crippen molar-refractivity contribution < 1.29 is 4.42 Å².